The molecule has 0 fully saturated rings. The van der Waals surface area contributed by atoms with Gasteiger partial charge in [-0.3, -0.25) is 4.79 Å². The van der Waals surface area contributed by atoms with E-state index in [1.807, 2.05) is 31.2 Å². The van der Waals surface area contributed by atoms with Crippen molar-refractivity contribution in [3.63, 3.8) is 0 Å². The molecular weight excluding hydrogens is 215 g/mol. The number of carbonyl (C=O) groups is 1. The lowest BCUT2D eigenvalue weighted by Gasteiger charge is -2.06. The van der Waals surface area contributed by atoms with E-state index in [9.17, 15) is 9.18 Å². The standard InChI is InChI=1S/C15H13FO/c1-10-3-5-12(6-4-10)14-9-13(11(2)17)7-8-15(14)16/h3-9H,1-2H3. The maximum absolute atomic E-state index is 13.7. The molecule has 1 nitrogen and oxygen atoms in total. The van der Waals surface area contributed by atoms with E-state index in [0.717, 1.165) is 11.1 Å². The Bertz CT molecular complexity index is 556. The van der Waals surface area contributed by atoms with Crippen LogP contribution in [0.3, 0.4) is 0 Å². The van der Waals surface area contributed by atoms with Crippen LogP contribution >= 0.6 is 0 Å². The van der Waals surface area contributed by atoms with Gasteiger partial charge in [0.2, 0.25) is 0 Å². The molecule has 0 bridgehead atoms. The quantitative estimate of drug-likeness (QED) is 0.710. The van der Waals surface area contributed by atoms with Crippen molar-refractivity contribution in [1.29, 1.82) is 0 Å². The van der Waals surface area contributed by atoms with E-state index in [0.29, 0.717) is 11.1 Å². The molecule has 2 heteroatoms. The van der Waals surface area contributed by atoms with E-state index < -0.39 is 0 Å². The molecule has 0 aliphatic rings. The molecule has 0 aromatic heterocycles. The monoisotopic (exact) mass is 228 g/mol. The maximum atomic E-state index is 13.7. The normalized spacial score (nSPS) is 10.3. The van der Waals surface area contributed by atoms with Crippen molar-refractivity contribution in [2.45, 2.75) is 13.8 Å². The highest BCUT2D eigenvalue weighted by Gasteiger charge is 2.08. The van der Waals surface area contributed by atoms with Gasteiger partial charge in [0.25, 0.3) is 0 Å². The van der Waals surface area contributed by atoms with Gasteiger partial charge >= 0.3 is 0 Å². The van der Waals surface area contributed by atoms with Gasteiger partial charge in [0.1, 0.15) is 5.82 Å². The molecule has 0 amide bonds. The number of Topliss-reactive ketones (excluding diaryl/α,β-unsaturated/α-hetero) is 1. The second kappa shape index (κ2) is 4.50. The maximum Gasteiger partial charge on any atom is 0.159 e. The average molecular weight is 228 g/mol. The first kappa shape index (κ1) is 11.5. The Morgan fingerprint density at radius 2 is 1.71 bits per heavy atom. The molecule has 2 aromatic carbocycles. The number of halogens is 1. The van der Waals surface area contributed by atoms with Gasteiger partial charge in [-0.2, -0.15) is 0 Å². The number of aryl methyl sites for hydroxylation is 1. The average Bonchev–Trinajstić information content (AvgIpc) is 2.31. The number of ketones is 1. The zero-order valence-electron chi connectivity index (χ0n) is 9.83. The van der Waals surface area contributed by atoms with Gasteiger partial charge in [0.05, 0.1) is 0 Å². The summed E-state index contributed by atoms with van der Waals surface area (Å²) in [5.41, 5.74) is 2.91. The fraction of sp³-hybridized carbons (Fsp3) is 0.133. The SMILES string of the molecule is CC(=O)c1ccc(F)c(-c2ccc(C)cc2)c1. The van der Waals surface area contributed by atoms with Crippen molar-refractivity contribution in [3.8, 4) is 11.1 Å². The van der Waals surface area contributed by atoms with Crippen molar-refractivity contribution in [1.82, 2.24) is 0 Å². The highest BCUT2D eigenvalue weighted by Crippen LogP contribution is 2.24. The van der Waals surface area contributed by atoms with Gasteiger partial charge < -0.3 is 0 Å². The zero-order chi connectivity index (χ0) is 12.4. The minimum absolute atomic E-state index is 0.0571. The van der Waals surface area contributed by atoms with Crippen LogP contribution in [0.5, 0.6) is 0 Å². The first-order valence-electron chi connectivity index (χ1n) is 5.45. The van der Waals surface area contributed by atoms with Gasteiger partial charge in [0.15, 0.2) is 5.78 Å². The minimum Gasteiger partial charge on any atom is -0.295 e. The predicted octanol–water partition coefficient (Wildman–Crippen LogP) is 4.00. The second-order valence-corrected chi connectivity index (χ2v) is 4.12. The summed E-state index contributed by atoms with van der Waals surface area (Å²) in [5, 5.41) is 0. The van der Waals surface area contributed by atoms with Crippen LogP contribution in [0.15, 0.2) is 42.5 Å². The topological polar surface area (TPSA) is 17.1 Å². The molecule has 0 atom stereocenters. The van der Waals surface area contributed by atoms with Crippen molar-refractivity contribution in [2.24, 2.45) is 0 Å². The van der Waals surface area contributed by atoms with Crippen molar-refractivity contribution < 1.29 is 9.18 Å². The number of benzene rings is 2. The summed E-state index contributed by atoms with van der Waals surface area (Å²) < 4.78 is 13.7. The molecule has 0 unspecified atom stereocenters. The molecule has 0 saturated heterocycles. The van der Waals surface area contributed by atoms with Crippen LogP contribution in [0, 0.1) is 12.7 Å². The molecule has 0 N–H and O–H groups in total. The van der Waals surface area contributed by atoms with Crippen molar-refractivity contribution >= 4 is 5.78 Å². The number of carbonyl (C=O) groups excluding carboxylic acids is 1. The highest BCUT2D eigenvalue weighted by atomic mass is 19.1. The van der Waals surface area contributed by atoms with E-state index >= 15 is 0 Å². The minimum atomic E-state index is -0.307. The Balaban J connectivity index is 2.54. The highest BCUT2D eigenvalue weighted by molar-refractivity contribution is 5.95. The molecular formula is C15H13FO. The van der Waals surface area contributed by atoms with E-state index in [-0.39, 0.29) is 11.6 Å². The van der Waals surface area contributed by atoms with Gasteiger partial charge in [-0.05, 0) is 37.6 Å². The third-order valence-corrected chi connectivity index (χ3v) is 2.74. The third kappa shape index (κ3) is 2.41. The van der Waals surface area contributed by atoms with E-state index in [1.54, 1.807) is 6.07 Å². The largest absolute Gasteiger partial charge is 0.295 e. The molecule has 0 aliphatic carbocycles. The van der Waals surface area contributed by atoms with E-state index in [1.165, 1.54) is 19.1 Å². The molecule has 0 aliphatic heterocycles. The number of hydrogen-bond donors (Lipinski definition) is 0. The smallest absolute Gasteiger partial charge is 0.159 e. The lowest BCUT2D eigenvalue weighted by atomic mass is 10.0. The fourth-order valence-electron chi connectivity index (χ4n) is 1.70. The van der Waals surface area contributed by atoms with Crippen LogP contribution in [0.4, 0.5) is 4.39 Å². The summed E-state index contributed by atoms with van der Waals surface area (Å²) in [6.45, 7) is 3.46. The Labute approximate surface area is 99.9 Å². The molecule has 0 spiro atoms. The molecule has 17 heavy (non-hydrogen) atoms. The van der Waals surface area contributed by atoms with Crippen LogP contribution in [0.1, 0.15) is 22.8 Å². The summed E-state index contributed by atoms with van der Waals surface area (Å²) in [7, 11) is 0. The van der Waals surface area contributed by atoms with Crippen LogP contribution in [-0.4, -0.2) is 5.78 Å². The summed E-state index contributed by atoms with van der Waals surface area (Å²) in [6, 6.07) is 12.0. The Kier molecular flexibility index (Phi) is 3.05. The fourth-order valence-corrected chi connectivity index (χ4v) is 1.70. The van der Waals surface area contributed by atoms with Crippen LogP contribution in [-0.2, 0) is 0 Å². The van der Waals surface area contributed by atoms with E-state index in [4.69, 9.17) is 0 Å². The first-order chi connectivity index (χ1) is 8.08. The third-order valence-electron chi connectivity index (χ3n) is 2.74. The predicted molar refractivity (Wildman–Crippen MR) is 66.6 cm³/mol. The first-order valence-corrected chi connectivity index (χ1v) is 5.45. The van der Waals surface area contributed by atoms with Gasteiger partial charge in [-0.1, -0.05) is 29.8 Å². The summed E-state index contributed by atoms with van der Waals surface area (Å²) in [5.74, 6) is -0.364. The molecule has 86 valence electrons. The molecule has 2 rings (SSSR count). The molecule has 0 saturated carbocycles. The lowest BCUT2D eigenvalue weighted by Crippen LogP contribution is -1.94. The van der Waals surface area contributed by atoms with Gasteiger partial charge in [0, 0.05) is 11.1 Å². The molecule has 0 heterocycles. The second-order valence-electron chi connectivity index (χ2n) is 4.12. The number of hydrogen-bond acceptors (Lipinski definition) is 1. The van der Waals surface area contributed by atoms with E-state index in [2.05, 4.69) is 0 Å². The summed E-state index contributed by atoms with van der Waals surface area (Å²) in [6.07, 6.45) is 0. The summed E-state index contributed by atoms with van der Waals surface area (Å²) in [4.78, 5) is 11.3. The Hall–Kier alpha value is -1.96. The molecule has 2 aromatic rings. The van der Waals surface area contributed by atoms with Gasteiger partial charge in [-0.15, -0.1) is 0 Å². The zero-order valence-corrected chi connectivity index (χ0v) is 9.83. The van der Waals surface area contributed by atoms with Crippen LogP contribution in [0.25, 0.3) is 11.1 Å². The van der Waals surface area contributed by atoms with Crippen LogP contribution in [0.2, 0.25) is 0 Å². The Morgan fingerprint density at radius 3 is 2.29 bits per heavy atom. The lowest BCUT2D eigenvalue weighted by molar-refractivity contribution is 0.101. The Morgan fingerprint density at radius 1 is 1.06 bits per heavy atom. The number of rotatable bonds is 2. The van der Waals surface area contributed by atoms with Crippen LogP contribution < -0.4 is 0 Å². The summed E-state index contributed by atoms with van der Waals surface area (Å²) >= 11 is 0. The van der Waals surface area contributed by atoms with Crippen molar-refractivity contribution in [3.05, 3.63) is 59.4 Å². The molecule has 0 radical (unpaired) electrons. The van der Waals surface area contributed by atoms with Gasteiger partial charge in [-0.25, -0.2) is 4.39 Å². The van der Waals surface area contributed by atoms with Crippen molar-refractivity contribution in [2.75, 3.05) is 0 Å².